The number of halogens is 3. The third-order valence-corrected chi connectivity index (χ3v) is 3.82. The van der Waals surface area contributed by atoms with E-state index < -0.39 is 5.82 Å². The van der Waals surface area contributed by atoms with E-state index in [1.54, 1.807) is 18.2 Å². The Hall–Kier alpha value is -1.40. The van der Waals surface area contributed by atoms with Gasteiger partial charge in [0.2, 0.25) is 0 Å². The van der Waals surface area contributed by atoms with E-state index in [0.29, 0.717) is 25.9 Å². The van der Waals surface area contributed by atoms with E-state index in [4.69, 9.17) is 5.73 Å². The summed E-state index contributed by atoms with van der Waals surface area (Å²) in [7, 11) is 0. The van der Waals surface area contributed by atoms with Gasteiger partial charge >= 0.3 is 0 Å². The maximum absolute atomic E-state index is 13.1. The second kappa shape index (κ2) is 5.71. The Morgan fingerprint density at radius 1 is 1.11 bits per heavy atom. The Balaban J connectivity index is 2.25. The second-order valence-electron chi connectivity index (χ2n) is 3.81. The van der Waals surface area contributed by atoms with Gasteiger partial charge in [0.05, 0.1) is 5.69 Å². The van der Waals surface area contributed by atoms with Gasteiger partial charge in [-0.3, -0.25) is 4.79 Å². The molecular weight excluding hydrogens is 379 g/mol. The molecule has 2 aromatic carbocycles. The quantitative estimate of drug-likeness (QED) is 0.759. The van der Waals surface area contributed by atoms with Crippen molar-refractivity contribution in [1.29, 1.82) is 0 Å². The van der Waals surface area contributed by atoms with Crippen molar-refractivity contribution in [3.63, 3.8) is 0 Å². The highest BCUT2D eigenvalue weighted by atomic mass is 79.9. The summed E-state index contributed by atoms with van der Waals surface area (Å²) in [5, 5.41) is 2.63. The van der Waals surface area contributed by atoms with E-state index >= 15 is 0 Å². The van der Waals surface area contributed by atoms with Crippen LogP contribution in [-0.4, -0.2) is 5.91 Å². The average Bonchev–Trinajstić information content (AvgIpc) is 2.37. The molecule has 98 valence electrons. The molecule has 0 aromatic heterocycles. The smallest absolute Gasteiger partial charge is 0.255 e. The van der Waals surface area contributed by atoms with Gasteiger partial charge in [0, 0.05) is 20.2 Å². The monoisotopic (exact) mass is 386 g/mol. The van der Waals surface area contributed by atoms with E-state index in [-0.39, 0.29) is 5.91 Å². The molecular formula is C13H9Br2FN2O. The van der Waals surface area contributed by atoms with Gasteiger partial charge in [-0.2, -0.15) is 0 Å². The zero-order valence-corrected chi connectivity index (χ0v) is 12.8. The minimum atomic E-state index is -0.419. The number of rotatable bonds is 2. The van der Waals surface area contributed by atoms with Gasteiger partial charge < -0.3 is 11.1 Å². The molecule has 0 fully saturated rings. The molecule has 0 atom stereocenters. The largest absolute Gasteiger partial charge is 0.398 e. The van der Waals surface area contributed by atoms with Crippen LogP contribution in [0.5, 0.6) is 0 Å². The number of amides is 1. The fourth-order valence-corrected chi connectivity index (χ4v) is 2.18. The molecule has 19 heavy (non-hydrogen) atoms. The highest BCUT2D eigenvalue weighted by Crippen LogP contribution is 2.25. The fraction of sp³-hybridized carbons (Fsp3) is 0. The minimum Gasteiger partial charge on any atom is -0.398 e. The molecule has 0 unspecified atom stereocenters. The van der Waals surface area contributed by atoms with Crippen molar-refractivity contribution in [2.24, 2.45) is 0 Å². The molecule has 6 heteroatoms. The number of carbonyl (C=O) groups is 1. The van der Waals surface area contributed by atoms with E-state index in [0.717, 1.165) is 0 Å². The summed E-state index contributed by atoms with van der Waals surface area (Å²) in [5.41, 5.74) is 7.00. The number of nitrogen functional groups attached to an aromatic ring is 1. The molecule has 0 saturated carbocycles. The third kappa shape index (κ3) is 3.33. The van der Waals surface area contributed by atoms with Crippen molar-refractivity contribution in [2.75, 3.05) is 11.1 Å². The summed E-state index contributed by atoms with van der Waals surface area (Å²) in [6, 6.07) is 8.91. The summed E-state index contributed by atoms with van der Waals surface area (Å²) < 4.78 is 14.4. The van der Waals surface area contributed by atoms with Crippen molar-refractivity contribution in [3.05, 3.63) is 56.7 Å². The molecule has 0 heterocycles. The van der Waals surface area contributed by atoms with Crippen molar-refractivity contribution in [3.8, 4) is 0 Å². The Labute approximate surface area is 126 Å². The molecule has 0 aliphatic carbocycles. The minimum absolute atomic E-state index is 0.341. The van der Waals surface area contributed by atoms with E-state index in [1.807, 2.05) is 0 Å². The van der Waals surface area contributed by atoms with Crippen LogP contribution < -0.4 is 11.1 Å². The number of carbonyl (C=O) groups excluding carboxylic acids is 1. The molecule has 0 aliphatic heterocycles. The van der Waals surface area contributed by atoms with Crippen molar-refractivity contribution < 1.29 is 9.18 Å². The van der Waals surface area contributed by atoms with Gasteiger partial charge in [-0.15, -0.1) is 0 Å². The predicted molar refractivity (Wildman–Crippen MR) is 80.6 cm³/mol. The average molecular weight is 388 g/mol. The molecule has 0 bridgehead atoms. The van der Waals surface area contributed by atoms with E-state index in [1.165, 1.54) is 18.2 Å². The molecule has 2 aromatic rings. The predicted octanol–water partition coefficient (Wildman–Crippen LogP) is 4.19. The van der Waals surface area contributed by atoms with Crippen LogP contribution in [0, 0.1) is 5.82 Å². The van der Waals surface area contributed by atoms with Gasteiger partial charge in [0.25, 0.3) is 5.91 Å². The summed E-state index contributed by atoms with van der Waals surface area (Å²) in [4.78, 5) is 12.0. The molecule has 1 amide bonds. The zero-order chi connectivity index (χ0) is 14.0. The van der Waals surface area contributed by atoms with Crippen LogP contribution in [0.1, 0.15) is 10.4 Å². The standard InChI is InChI=1S/C13H9Br2FN2O/c14-9-3-2-8(16)6-12(9)18-13(19)7-1-4-11(17)10(15)5-7/h1-6H,17H2,(H,18,19). The summed E-state index contributed by atoms with van der Waals surface area (Å²) in [6.07, 6.45) is 0. The fourth-order valence-electron chi connectivity index (χ4n) is 1.46. The van der Waals surface area contributed by atoms with Crippen LogP contribution in [0.4, 0.5) is 15.8 Å². The van der Waals surface area contributed by atoms with Crippen LogP contribution >= 0.6 is 31.9 Å². The lowest BCUT2D eigenvalue weighted by Gasteiger charge is -2.08. The summed E-state index contributed by atoms with van der Waals surface area (Å²) in [5.74, 6) is -0.760. The molecule has 3 N–H and O–H groups in total. The van der Waals surface area contributed by atoms with Crippen LogP contribution in [0.3, 0.4) is 0 Å². The highest BCUT2D eigenvalue weighted by Gasteiger charge is 2.10. The molecule has 2 rings (SSSR count). The van der Waals surface area contributed by atoms with Gasteiger partial charge in [-0.1, -0.05) is 0 Å². The number of benzene rings is 2. The first-order valence-corrected chi connectivity index (χ1v) is 6.87. The number of nitrogens with one attached hydrogen (secondary N) is 1. The molecule has 0 radical (unpaired) electrons. The van der Waals surface area contributed by atoms with Gasteiger partial charge in [-0.25, -0.2) is 4.39 Å². The first kappa shape index (κ1) is 14.0. The van der Waals surface area contributed by atoms with Gasteiger partial charge in [-0.05, 0) is 68.3 Å². The second-order valence-corrected chi connectivity index (χ2v) is 5.52. The van der Waals surface area contributed by atoms with Crippen LogP contribution in [0.25, 0.3) is 0 Å². The highest BCUT2D eigenvalue weighted by molar-refractivity contribution is 9.11. The molecule has 3 nitrogen and oxygen atoms in total. The van der Waals surface area contributed by atoms with Crippen molar-refractivity contribution >= 4 is 49.1 Å². The molecule has 0 saturated heterocycles. The molecule has 0 aliphatic rings. The Morgan fingerprint density at radius 3 is 2.53 bits per heavy atom. The van der Waals surface area contributed by atoms with Crippen LogP contribution in [0.2, 0.25) is 0 Å². The van der Waals surface area contributed by atoms with Gasteiger partial charge in [0.15, 0.2) is 0 Å². The SMILES string of the molecule is Nc1ccc(C(=O)Nc2cc(F)ccc2Br)cc1Br. The topological polar surface area (TPSA) is 55.1 Å². The number of hydrogen-bond acceptors (Lipinski definition) is 2. The number of hydrogen-bond donors (Lipinski definition) is 2. The Bertz CT molecular complexity index is 647. The molecule has 0 spiro atoms. The van der Waals surface area contributed by atoms with E-state index in [2.05, 4.69) is 37.2 Å². The Morgan fingerprint density at radius 2 is 1.84 bits per heavy atom. The van der Waals surface area contributed by atoms with Crippen LogP contribution in [-0.2, 0) is 0 Å². The maximum atomic E-state index is 13.1. The van der Waals surface area contributed by atoms with E-state index in [9.17, 15) is 9.18 Å². The lowest BCUT2D eigenvalue weighted by atomic mass is 10.2. The van der Waals surface area contributed by atoms with Crippen molar-refractivity contribution in [1.82, 2.24) is 0 Å². The Kier molecular flexibility index (Phi) is 4.21. The summed E-state index contributed by atoms with van der Waals surface area (Å²) in [6.45, 7) is 0. The first-order valence-electron chi connectivity index (χ1n) is 5.29. The zero-order valence-electron chi connectivity index (χ0n) is 9.58. The lowest BCUT2D eigenvalue weighted by molar-refractivity contribution is 0.102. The normalized spacial score (nSPS) is 10.3. The first-order chi connectivity index (χ1) is 8.97. The lowest BCUT2D eigenvalue weighted by Crippen LogP contribution is -2.12. The van der Waals surface area contributed by atoms with Crippen molar-refractivity contribution in [2.45, 2.75) is 0 Å². The maximum Gasteiger partial charge on any atom is 0.255 e. The third-order valence-electron chi connectivity index (χ3n) is 2.44. The van der Waals surface area contributed by atoms with Gasteiger partial charge in [0.1, 0.15) is 5.82 Å². The summed E-state index contributed by atoms with van der Waals surface area (Å²) >= 11 is 6.50. The number of anilines is 2. The number of nitrogens with two attached hydrogens (primary N) is 1. The van der Waals surface area contributed by atoms with Crippen LogP contribution in [0.15, 0.2) is 45.3 Å².